The average Bonchev–Trinajstić information content (AvgIpc) is 2.37. The molecular formula is C13H22N4O2. The van der Waals surface area contributed by atoms with Crippen LogP contribution in [0.5, 0.6) is 5.88 Å². The second-order valence-corrected chi connectivity index (χ2v) is 4.87. The maximum absolute atomic E-state index is 12.1. The normalized spacial score (nSPS) is 12.2. The fraction of sp³-hybridized carbons (Fsp3) is 0.538. The number of aromatic nitrogens is 1. The van der Waals surface area contributed by atoms with Crippen LogP contribution in [0.15, 0.2) is 12.3 Å². The molecule has 0 aliphatic carbocycles. The fourth-order valence-corrected chi connectivity index (χ4v) is 1.59. The highest BCUT2D eigenvalue weighted by Crippen LogP contribution is 2.32. The van der Waals surface area contributed by atoms with Gasteiger partial charge in [0.05, 0.1) is 18.8 Å². The zero-order valence-electron chi connectivity index (χ0n) is 12.1. The molecule has 0 saturated carbocycles. The van der Waals surface area contributed by atoms with Crippen molar-refractivity contribution in [2.24, 2.45) is 11.7 Å². The predicted octanol–water partition coefficient (Wildman–Crippen LogP) is 1.08. The van der Waals surface area contributed by atoms with Crippen LogP contribution in [-0.4, -0.2) is 38.1 Å². The summed E-state index contributed by atoms with van der Waals surface area (Å²) in [5.41, 5.74) is 7.19. The smallest absolute Gasteiger partial charge is 0.241 e. The van der Waals surface area contributed by atoms with Gasteiger partial charge in [0.25, 0.3) is 0 Å². The number of hydrogen-bond donors (Lipinski definition) is 2. The summed E-state index contributed by atoms with van der Waals surface area (Å²) in [4.78, 5) is 18.0. The summed E-state index contributed by atoms with van der Waals surface area (Å²) < 4.78 is 5.18. The first-order valence-corrected chi connectivity index (χ1v) is 6.15. The minimum Gasteiger partial charge on any atom is -0.479 e. The summed E-state index contributed by atoms with van der Waals surface area (Å²) in [5.74, 6) is 0.186. The van der Waals surface area contributed by atoms with Gasteiger partial charge in [-0.2, -0.15) is 0 Å². The Labute approximate surface area is 113 Å². The van der Waals surface area contributed by atoms with Crippen molar-refractivity contribution in [1.29, 1.82) is 0 Å². The molecule has 1 amide bonds. The van der Waals surface area contributed by atoms with Gasteiger partial charge < -0.3 is 20.7 Å². The number of pyridine rings is 1. The van der Waals surface area contributed by atoms with Crippen molar-refractivity contribution in [3.8, 4) is 5.88 Å². The van der Waals surface area contributed by atoms with Crippen molar-refractivity contribution in [2.75, 3.05) is 31.4 Å². The van der Waals surface area contributed by atoms with Crippen LogP contribution in [0.4, 0.5) is 11.4 Å². The maximum Gasteiger partial charge on any atom is 0.241 e. The topological polar surface area (TPSA) is 80.5 Å². The molecule has 0 unspecified atom stereocenters. The van der Waals surface area contributed by atoms with E-state index in [1.165, 1.54) is 7.11 Å². The molecule has 0 spiro atoms. The Hall–Kier alpha value is -1.82. The van der Waals surface area contributed by atoms with Gasteiger partial charge in [-0.3, -0.25) is 4.79 Å². The first kappa shape index (κ1) is 15.2. The van der Waals surface area contributed by atoms with E-state index in [0.29, 0.717) is 11.6 Å². The predicted molar refractivity (Wildman–Crippen MR) is 76.6 cm³/mol. The van der Waals surface area contributed by atoms with Gasteiger partial charge in [-0.15, -0.1) is 0 Å². The second kappa shape index (κ2) is 6.38. The van der Waals surface area contributed by atoms with E-state index in [-0.39, 0.29) is 11.8 Å². The molecule has 1 rings (SSSR count). The molecule has 3 N–H and O–H groups in total. The average molecular weight is 266 g/mol. The van der Waals surface area contributed by atoms with Crippen molar-refractivity contribution < 1.29 is 9.53 Å². The molecule has 0 saturated heterocycles. The lowest BCUT2D eigenvalue weighted by atomic mass is 10.0. The molecule has 6 nitrogen and oxygen atoms in total. The van der Waals surface area contributed by atoms with Crippen LogP contribution in [0.25, 0.3) is 0 Å². The van der Waals surface area contributed by atoms with E-state index in [2.05, 4.69) is 10.3 Å². The quantitative estimate of drug-likeness (QED) is 0.833. The van der Waals surface area contributed by atoms with Gasteiger partial charge in [-0.05, 0) is 12.0 Å². The highest BCUT2D eigenvalue weighted by molar-refractivity contribution is 5.99. The van der Waals surface area contributed by atoms with Gasteiger partial charge >= 0.3 is 0 Å². The van der Waals surface area contributed by atoms with Crippen LogP contribution >= 0.6 is 0 Å². The Morgan fingerprint density at radius 2 is 2.11 bits per heavy atom. The molecule has 0 bridgehead atoms. The zero-order valence-corrected chi connectivity index (χ0v) is 12.1. The molecule has 6 heteroatoms. The van der Waals surface area contributed by atoms with E-state index in [0.717, 1.165) is 5.69 Å². The van der Waals surface area contributed by atoms with Crippen molar-refractivity contribution in [3.05, 3.63) is 12.3 Å². The number of nitrogens with one attached hydrogen (secondary N) is 1. The Morgan fingerprint density at radius 1 is 1.47 bits per heavy atom. The third-order valence-corrected chi connectivity index (χ3v) is 2.84. The van der Waals surface area contributed by atoms with Gasteiger partial charge in [0, 0.05) is 20.3 Å². The molecule has 106 valence electrons. The Morgan fingerprint density at radius 3 is 2.58 bits per heavy atom. The zero-order chi connectivity index (χ0) is 14.6. The summed E-state index contributed by atoms with van der Waals surface area (Å²) in [5, 5.41) is 2.80. The van der Waals surface area contributed by atoms with Gasteiger partial charge in [0.15, 0.2) is 0 Å². The Bertz CT molecular complexity index is 446. The van der Waals surface area contributed by atoms with Crippen LogP contribution in [0, 0.1) is 5.92 Å². The Balaban J connectivity index is 3.08. The monoisotopic (exact) mass is 266 g/mol. The number of nitrogens with zero attached hydrogens (tertiary/aromatic N) is 2. The summed E-state index contributed by atoms with van der Waals surface area (Å²) >= 11 is 0. The largest absolute Gasteiger partial charge is 0.479 e. The third kappa shape index (κ3) is 3.57. The number of rotatable bonds is 5. The van der Waals surface area contributed by atoms with Crippen LogP contribution in [0.1, 0.15) is 13.8 Å². The summed E-state index contributed by atoms with van der Waals surface area (Å²) in [7, 11) is 5.28. The van der Waals surface area contributed by atoms with Crippen molar-refractivity contribution in [3.63, 3.8) is 0 Å². The second-order valence-electron chi connectivity index (χ2n) is 4.87. The van der Waals surface area contributed by atoms with Crippen LogP contribution in [0.2, 0.25) is 0 Å². The molecule has 0 aliphatic rings. The molecule has 1 heterocycles. The van der Waals surface area contributed by atoms with E-state index in [1.54, 1.807) is 12.3 Å². The minimum atomic E-state index is -0.570. The number of nitrogens with two attached hydrogens (primary N) is 1. The van der Waals surface area contributed by atoms with Gasteiger partial charge in [0.1, 0.15) is 5.69 Å². The highest BCUT2D eigenvalue weighted by Gasteiger charge is 2.21. The van der Waals surface area contributed by atoms with E-state index >= 15 is 0 Å². The van der Waals surface area contributed by atoms with Crippen LogP contribution in [0.3, 0.4) is 0 Å². The molecule has 0 fully saturated rings. The lowest BCUT2D eigenvalue weighted by molar-refractivity contribution is -0.118. The van der Waals surface area contributed by atoms with Gasteiger partial charge in [0.2, 0.25) is 11.8 Å². The summed E-state index contributed by atoms with van der Waals surface area (Å²) in [6, 6.07) is 1.24. The molecule has 1 aromatic rings. The standard InChI is InChI=1S/C13H22N4O2/c1-8(2)10(14)12(18)16-11-9(17(3)4)6-7-15-13(11)19-5/h6-8,10H,14H2,1-5H3,(H,16,18)/t10-/m1/s1. The molecule has 0 radical (unpaired) electrons. The Kier molecular flexibility index (Phi) is 5.11. The first-order valence-electron chi connectivity index (χ1n) is 6.15. The molecule has 19 heavy (non-hydrogen) atoms. The van der Waals surface area contributed by atoms with Gasteiger partial charge in [-0.25, -0.2) is 4.98 Å². The van der Waals surface area contributed by atoms with E-state index in [9.17, 15) is 4.79 Å². The van der Waals surface area contributed by atoms with E-state index in [1.807, 2.05) is 32.8 Å². The minimum absolute atomic E-state index is 0.0606. The van der Waals surface area contributed by atoms with Crippen molar-refractivity contribution in [2.45, 2.75) is 19.9 Å². The highest BCUT2D eigenvalue weighted by atomic mass is 16.5. The van der Waals surface area contributed by atoms with E-state index in [4.69, 9.17) is 10.5 Å². The number of carbonyl (C=O) groups is 1. The third-order valence-electron chi connectivity index (χ3n) is 2.84. The summed E-state index contributed by atoms with van der Waals surface area (Å²) in [6.07, 6.45) is 1.63. The molecular weight excluding hydrogens is 244 g/mol. The number of anilines is 2. The van der Waals surface area contributed by atoms with Crippen molar-refractivity contribution in [1.82, 2.24) is 4.98 Å². The van der Waals surface area contributed by atoms with Crippen LogP contribution in [-0.2, 0) is 4.79 Å². The van der Waals surface area contributed by atoms with Gasteiger partial charge in [-0.1, -0.05) is 13.8 Å². The van der Waals surface area contributed by atoms with Crippen molar-refractivity contribution >= 4 is 17.3 Å². The maximum atomic E-state index is 12.1. The number of ether oxygens (including phenoxy) is 1. The van der Waals surface area contributed by atoms with E-state index < -0.39 is 6.04 Å². The van der Waals surface area contributed by atoms with Crippen LogP contribution < -0.4 is 20.7 Å². The first-order chi connectivity index (χ1) is 8.88. The molecule has 1 aromatic heterocycles. The fourth-order valence-electron chi connectivity index (χ4n) is 1.59. The molecule has 0 aliphatic heterocycles. The lowest BCUT2D eigenvalue weighted by Gasteiger charge is -2.21. The number of amides is 1. The molecule has 0 aromatic carbocycles. The number of hydrogen-bond acceptors (Lipinski definition) is 5. The number of carbonyl (C=O) groups excluding carboxylic acids is 1. The summed E-state index contributed by atoms with van der Waals surface area (Å²) in [6.45, 7) is 3.80. The number of methoxy groups -OCH3 is 1. The molecule has 1 atom stereocenters. The SMILES string of the molecule is COc1nccc(N(C)C)c1NC(=O)[C@H](N)C(C)C. The lowest BCUT2D eigenvalue weighted by Crippen LogP contribution is -2.40.